The Kier molecular flexibility index (Phi) is 5.67. The molecule has 1 aromatic heterocycles. The number of hydrogen-bond donors (Lipinski definition) is 1. The molecule has 5 nitrogen and oxygen atoms in total. The van der Waals surface area contributed by atoms with Crippen molar-refractivity contribution >= 4 is 32.9 Å². The van der Waals surface area contributed by atoms with Crippen molar-refractivity contribution in [3.63, 3.8) is 0 Å². The highest BCUT2D eigenvalue weighted by atomic mass is 32.1. The van der Waals surface area contributed by atoms with Crippen molar-refractivity contribution < 1.29 is 13.9 Å². The highest BCUT2D eigenvalue weighted by molar-refractivity contribution is 7.22. The lowest BCUT2D eigenvalue weighted by molar-refractivity contribution is 0.279. The number of aromatic nitrogens is 1. The summed E-state index contributed by atoms with van der Waals surface area (Å²) in [6, 6.07) is 19.9. The Balaban J connectivity index is 1.43. The number of halogens is 1. The van der Waals surface area contributed by atoms with Gasteiger partial charge in [0.05, 0.1) is 23.5 Å². The fourth-order valence-corrected chi connectivity index (χ4v) is 3.55. The molecule has 146 valence electrons. The van der Waals surface area contributed by atoms with Crippen molar-refractivity contribution in [1.29, 1.82) is 0 Å². The van der Waals surface area contributed by atoms with Crippen LogP contribution in [0.1, 0.15) is 11.1 Å². The first kappa shape index (κ1) is 18.9. The van der Waals surface area contributed by atoms with Gasteiger partial charge in [0, 0.05) is 5.56 Å². The van der Waals surface area contributed by atoms with Crippen molar-refractivity contribution in [2.45, 2.75) is 6.61 Å². The van der Waals surface area contributed by atoms with Crippen molar-refractivity contribution in [3.8, 4) is 11.5 Å². The maximum atomic E-state index is 13.7. The van der Waals surface area contributed by atoms with Gasteiger partial charge in [0.1, 0.15) is 12.4 Å². The van der Waals surface area contributed by atoms with Crippen LogP contribution < -0.4 is 14.9 Å². The molecule has 0 radical (unpaired) electrons. The zero-order valence-electron chi connectivity index (χ0n) is 15.6. The van der Waals surface area contributed by atoms with E-state index in [0.717, 1.165) is 20.9 Å². The van der Waals surface area contributed by atoms with Gasteiger partial charge in [0.25, 0.3) is 0 Å². The molecule has 0 aliphatic carbocycles. The summed E-state index contributed by atoms with van der Waals surface area (Å²) in [6.07, 6.45) is 1.68. The summed E-state index contributed by atoms with van der Waals surface area (Å²) in [7, 11) is 1.56. The first-order chi connectivity index (χ1) is 14.2. The lowest BCUT2D eigenvalue weighted by Gasteiger charge is -2.11. The quantitative estimate of drug-likeness (QED) is 0.326. The average Bonchev–Trinajstić information content (AvgIpc) is 3.16. The predicted molar refractivity (Wildman–Crippen MR) is 115 cm³/mol. The summed E-state index contributed by atoms with van der Waals surface area (Å²) in [4.78, 5) is 4.47. The Labute approximate surface area is 171 Å². The van der Waals surface area contributed by atoms with E-state index in [1.54, 1.807) is 43.7 Å². The fraction of sp³-hybridized carbons (Fsp3) is 0.0909. The maximum Gasteiger partial charge on any atom is 0.204 e. The van der Waals surface area contributed by atoms with Gasteiger partial charge in [-0.1, -0.05) is 41.7 Å². The van der Waals surface area contributed by atoms with Gasteiger partial charge in [-0.05, 0) is 42.0 Å². The van der Waals surface area contributed by atoms with Gasteiger partial charge in [0.15, 0.2) is 11.5 Å². The molecule has 3 aromatic carbocycles. The molecule has 0 amide bonds. The average molecular weight is 407 g/mol. The molecule has 4 rings (SSSR count). The number of hydrogen-bond acceptors (Lipinski definition) is 6. The predicted octanol–water partition coefficient (Wildman–Crippen LogP) is 5.47. The van der Waals surface area contributed by atoms with E-state index in [4.69, 9.17) is 9.47 Å². The first-order valence-electron chi connectivity index (χ1n) is 8.92. The molecule has 4 aromatic rings. The van der Waals surface area contributed by atoms with Crippen LogP contribution in [0.25, 0.3) is 10.2 Å². The SMILES string of the molecule is COc1cc(/C=N\Nc2nc3ccccc3s2)ccc1OCc1ccccc1F. The first-order valence-corrected chi connectivity index (χ1v) is 9.73. The summed E-state index contributed by atoms with van der Waals surface area (Å²) < 4.78 is 26.0. The fourth-order valence-electron chi connectivity index (χ4n) is 2.74. The molecule has 0 aliphatic heterocycles. The molecule has 1 heterocycles. The minimum Gasteiger partial charge on any atom is -0.493 e. The minimum atomic E-state index is -0.295. The van der Waals surface area contributed by atoms with Crippen molar-refractivity contribution in [3.05, 3.63) is 83.7 Å². The molecule has 0 saturated carbocycles. The molecule has 7 heteroatoms. The van der Waals surface area contributed by atoms with Crippen LogP contribution in [0.2, 0.25) is 0 Å². The van der Waals surface area contributed by atoms with Crippen molar-refractivity contribution in [2.75, 3.05) is 12.5 Å². The monoisotopic (exact) mass is 407 g/mol. The maximum absolute atomic E-state index is 13.7. The molecule has 29 heavy (non-hydrogen) atoms. The summed E-state index contributed by atoms with van der Waals surface area (Å²) >= 11 is 1.54. The number of hydrazone groups is 1. The number of anilines is 1. The zero-order chi connectivity index (χ0) is 20.1. The lowest BCUT2D eigenvalue weighted by Crippen LogP contribution is -2.00. The molecule has 0 unspecified atom stereocenters. The number of ether oxygens (including phenoxy) is 2. The van der Waals surface area contributed by atoms with Gasteiger partial charge in [-0.25, -0.2) is 9.37 Å². The molecule has 0 saturated heterocycles. The topological polar surface area (TPSA) is 55.7 Å². The highest BCUT2D eigenvalue weighted by Crippen LogP contribution is 2.29. The smallest absolute Gasteiger partial charge is 0.204 e. The summed E-state index contributed by atoms with van der Waals surface area (Å²) in [5, 5.41) is 4.97. The van der Waals surface area contributed by atoms with E-state index in [9.17, 15) is 4.39 Å². The Morgan fingerprint density at radius 3 is 2.72 bits per heavy atom. The molecular formula is C22H18FN3O2S. The van der Waals surface area contributed by atoms with E-state index in [1.165, 1.54) is 17.4 Å². The standard InChI is InChI=1S/C22H18FN3O2S/c1-27-20-12-15(10-11-19(20)28-14-16-6-2-3-7-17(16)23)13-24-26-22-25-18-8-4-5-9-21(18)29-22/h2-13H,14H2,1H3,(H,25,26)/b24-13-. The molecule has 0 fully saturated rings. The molecule has 0 atom stereocenters. The van der Waals surface area contributed by atoms with Gasteiger partial charge in [-0.2, -0.15) is 5.10 Å². The van der Waals surface area contributed by atoms with Gasteiger partial charge in [-0.15, -0.1) is 0 Å². The van der Waals surface area contributed by atoms with Crippen LogP contribution in [0.4, 0.5) is 9.52 Å². The third-order valence-electron chi connectivity index (χ3n) is 4.20. The van der Waals surface area contributed by atoms with Crippen LogP contribution in [-0.4, -0.2) is 18.3 Å². The van der Waals surface area contributed by atoms with Crippen molar-refractivity contribution in [1.82, 2.24) is 4.98 Å². The van der Waals surface area contributed by atoms with Crippen LogP contribution in [0.5, 0.6) is 11.5 Å². The Hall–Kier alpha value is -3.45. The number of thiazole rings is 1. The van der Waals surface area contributed by atoms with Gasteiger partial charge >= 0.3 is 0 Å². The third kappa shape index (κ3) is 4.52. The molecular weight excluding hydrogens is 389 g/mol. The Morgan fingerprint density at radius 1 is 1.07 bits per heavy atom. The van der Waals surface area contributed by atoms with Crippen molar-refractivity contribution in [2.24, 2.45) is 5.10 Å². The van der Waals surface area contributed by atoms with Crippen LogP contribution in [0.3, 0.4) is 0 Å². The molecule has 0 bridgehead atoms. The third-order valence-corrected chi connectivity index (χ3v) is 5.14. The highest BCUT2D eigenvalue weighted by Gasteiger charge is 2.08. The largest absolute Gasteiger partial charge is 0.493 e. The lowest BCUT2D eigenvalue weighted by atomic mass is 10.2. The van der Waals surface area contributed by atoms with E-state index in [-0.39, 0.29) is 12.4 Å². The van der Waals surface area contributed by atoms with E-state index < -0.39 is 0 Å². The summed E-state index contributed by atoms with van der Waals surface area (Å²) in [5.41, 5.74) is 5.20. The van der Waals surface area contributed by atoms with Gasteiger partial charge in [0.2, 0.25) is 5.13 Å². The Bertz CT molecular complexity index is 1130. The van der Waals surface area contributed by atoms with E-state index in [2.05, 4.69) is 15.5 Å². The molecule has 0 spiro atoms. The van der Waals surface area contributed by atoms with Crippen LogP contribution in [-0.2, 0) is 6.61 Å². The van der Waals surface area contributed by atoms with Gasteiger partial charge < -0.3 is 9.47 Å². The number of rotatable bonds is 7. The number of nitrogens with zero attached hydrogens (tertiary/aromatic N) is 2. The van der Waals surface area contributed by atoms with Crippen LogP contribution in [0.15, 0.2) is 71.8 Å². The van der Waals surface area contributed by atoms with Crippen LogP contribution >= 0.6 is 11.3 Å². The number of nitrogens with one attached hydrogen (secondary N) is 1. The normalized spacial score (nSPS) is 11.1. The second-order valence-corrected chi connectivity index (χ2v) is 7.18. The second-order valence-electron chi connectivity index (χ2n) is 6.15. The van der Waals surface area contributed by atoms with Crippen LogP contribution in [0, 0.1) is 5.82 Å². The van der Waals surface area contributed by atoms with E-state index >= 15 is 0 Å². The number of benzene rings is 3. The number of para-hydroxylation sites is 1. The summed E-state index contributed by atoms with van der Waals surface area (Å²) in [6.45, 7) is 0.121. The molecule has 0 aliphatic rings. The Morgan fingerprint density at radius 2 is 1.90 bits per heavy atom. The summed E-state index contributed by atoms with van der Waals surface area (Å²) in [5.74, 6) is 0.786. The van der Waals surface area contributed by atoms with E-state index in [1.807, 2.05) is 30.3 Å². The number of fused-ring (bicyclic) bond motifs is 1. The molecule has 1 N–H and O–H groups in total. The second kappa shape index (κ2) is 8.70. The minimum absolute atomic E-state index is 0.121. The zero-order valence-corrected chi connectivity index (χ0v) is 16.4. The number of methoxy groups -OCH3 is 1. The van der Waals surface area contributed by atoms with Gasteiger partial charge in [-0.3, -0.25) is 5.43 Å². The van der Waals surface area contributed by atoms with E-state index in [0.29, 0.717) is 17.1 Å².